The first-order valence-electron chi connectivity index (χ1n) is 6.65. The van der Waals surface area contributed by atoms with Crippen LogP contribution in [0.3, 0.4) is 0 Å². The Morgan fingerprint density at radius 2 is 2.00 bits per heavy atom. The maximum absolute atomic E-state index is 5.65. The summed E-state index contributed by atoms with van der Waals surface area (Å²) in [7, 11) is 0. The number of hydrogen-bond acceptors (Lipinski definition) is 2. The molecule has 0 heterocycles. The molecule has 0 aromatic heterocycles. The molecule has 2 heteroatoms. The van der Waals surface area contributed by atoms with Crippen LogP contribution in [0, 0.1) is 5.92 Å². The van der Waals surface area contributed by atoms with Crippen molar-refractivity contribution in [1.82, 2.24) is 5.32 Å². The van der Waals surface area contributed by atoms with E-state index in [1.807, 2.05) is 6.07 Å². The number of nitrogens with one attached hydrogen (secondary N) is 1. The van der Waals surface area contributed by atoms with Crippen LogP contribution in [0.15, 0.2) is 30.3 Å². The molecule has 0 spiro atoms. The van der Waals surface area contributed by atoms with E-state index >= 15 is 0 Å². The summed E-state index contributed by atoms with van der Waals surface area (Å²) >= 11 is 0. The molecule has 1 aromatic rings. The van der Waals surface area contributed by atoms with Crippen LogP contribution in [0.25, 0.3) is 0 Å². The molecule has 0 aliphatic rings. The molecule has 17 heavy (non-hydrogen) atoms. The molecule has 1 rings (SSSR count). The molecule has 1 atom stereocenters. The monoisotopic (exact) mass is 235 g/mol. The summed E-state index contributed by atoms with van der Waals surface area (Å²) in [6.45, 7) is 8.23. The molecule has 0 saturated heterocycles. The third-order valence-corrected chi connectivity index (χ3v) is 2.84. The third kappa shape index (κ3) is 7.14. The highest BCUT2D eigenvalue weighted by molar-refractivity contribution is 5.13. The molecular weight excluding hydrogens is 210 g/mol. The van der Waals surface area contributed by atoms with Gasteiger partial charge in [0.1, 0.15) is 0 Å². The van der Waals surface area contributed by atoms with Crippen molar-refractivity contribution in [1.29, 1.82) is 0 Å². The maximum atomic E-state index is 5.65. The molecule has 0 radical (unpaired) electrons. The van der Waals surface area contributed by atoms with Crippen molar-refractivity contribution in [3.05, 3.63) is 35.9 Å². The molecule has 96 valence electrons. The minimum absolute atomic E-state index is 0.739. The molecule has 1 aromatic carbocycles. The molecule has 0 fully saturated rings. The van der Waals surface area contributed by atoms with Crippen LogP contribution in [0.2, 0.25) is 0 Å². The quantitative estimate of drug-likeness (QED) is 0.664. The van der Waals surface area contributed by atoms with Crippen LogP contribution in [0.4, 0.5) is 0 Å². The summed E-state index contributed by atoms with van der Waals surface area (Å²) in [6, 6.07) is 10.3. The van der Waals surface area contributed by atoms with Gasteiger partial charge in [-0.25, -0.2) is 0 Å². The zero-order valence-corrected chi connectivity index (χ0v) is 11.1. The summed E-state index contributed by atoms with van der Waals surface area (Å²) in [5.74, 6) is 0.746. The normalized spacial score (nSPS) is 12.6. The smallest absolute Gasteiger partial charge is 0.0716 e. The Hall–Kier alpha value is -0.860. The third-order valence-electron chi connectivity index (χ3n) is 2.84. The standard InChI is InChI=1S/C15H25NO/c1-3-16-12-14(2)8-7-11-17-13-15-9-5-4-6-10-15/h4-6,9-10,14,16H,3,7-8,11-13H2,1-2H3. The highest BCUT2D eigenvalue weighted by atomic mass is 16.5. The second kappa shape index (κ2) is 9.20. The van der Waals surface area contributed by atoms with Gasteiger partial charge in [-0.15, -0.1) is 0 Å². The van der Waals surface area contributed by atoms with E-state index in [9.17, 15) is 0 Å². The predicted molar refractivity (Wildman–Crippen MR) is 73.0 cm³/mol. The molecule has 0 saturated carbocycles. The van der Waals surface area contributed by atoms with Crippen molar-refractivity contribution in [3.8, 4) is 0 Å². The summed E-state index contributed by atoms with van der Waals surface area (Å²) in [6.07, 6.45) is 2.39. The van der Waals surface area contributed by atoms with E-state index < -0.39 is 0 Å². The van der Waals surface area contributed by atoms with Crippen LogP contribution in [-0.2, 0) is 11.3 Å². The largest absolute Gasteiger partial charge is 0.377 e. The lowest BCUT2D eigenvalue weighted by Gasteiger charge is -2.11. The van der Waals surface area contributed by atoms with Crippen LogP contribution in [-0.4, -0.2) is 19.7 Å². The van der Waals surface area contributed by atoms with E-state index in [1.54, 1.807) is 0 Å². The van der Waals surface area contributed by atoms with Gasteiger partial charge in [0.05, 0.1) is 6.61 Å². The van der Waals surface area contributed by atoms with E-state index in [-0.39, 0.29) is 0 Å². The zero-order valence-electron chi connectivity index (χ0n) is 11.1. The van der Waals surface area contributed by atoms with Crippen molar-refractivity contribution in [2.24, 2.45) is 5.92 Å². The van der Waals surface area contributed by atoms with Crippen LogP contribution >= 0.6 is 0 Å². The summed E-state index contributed by atoms with van der Waals surface area (Å²) in [5.41, 5.74) is 1.26. The Morgan fingerprint density at radius 1 is 1.24 bits per heavy atom. The van der Waals surface area contributed by atoms with Crippen molar-refractivity contribution < 1.29 is 4.74 Å². The lowest BCUT2D eigenvalue weighted by Crippen LogP contribution is -2.20. The Kier molecular flexibility index (Phi) is 7.69. The maximum Gasteiger partial charge on any atom is 0.0716 e. The minimum atomic E-state index is 0.739. The van der Waals surface area contributed by atoms with E-state index in [1.165, 1.54) is 12.0 Å². The van der Waals surface area contributed by atoms with Crippen LogP contribution in [0.5, 0.6) is 0 Å². The fraction of sp³-hybridized carbons (Fsp3) is 0.600. The lowest BCUT2D eigenvalue weighted by atomic mass is 10.1. The molecular formula is C15H25NO. The average molecular weight is 235 g/mol. The van der Waals surface area contributed by atoms with Gasteiger partial charge in [0, 0.05) is 6.61 Å². The number of benzene rings is 1. The van der Waals surface area contributed by atoms with Crippen LogP contribution < -0.4 is 5.32 Å². The van der Waals surface area contributed by atoms with E-state index in [0.29, 0.717) is 0 Å². The van der Waals surface area contributed by atoms with Gasteiger partial charge in [0.25, 0.3) is 0 Å². The van der Waals surface area contributed by atoms with E-state index in [0.717, 1.165) is 38.6 Å². The SMILES string of the molecule is CCNCC(C)CCCOCc1ccccc1. The van der Waals surface area contributed by atoms with Gasteiger partial charge in [-0.2, -0.15) is 0 Å². The van der Waals surface area contributed by atoms with Gasteiger partial charge in [-0.1, -0.05) is 44.2 Å². The van der Waals surface area contributed by atoms with Gasteiger partial charge in [0.15, 0.2) is 0 Å². The second-order valence-electron chi connectivity index (χ2n) is 4.59. The first kappa shape index (κ1) is 14.2. The summed E-state index contributed by atoms with van der Waals surface area (Å²) in [5, 5.41) is 3.37. The fourth-order valence-electron chi connectivity index (χ4n) is 1.79. The van der Waals surface area contributed by atoms with Gasteiger partial charge in [-0.05, 0) is 37.4 Å². The first-order valence-corrected chi connectivity index (χ1v) is 6.65. The Balaban J connectivity index is 1.97. The zero-order chi connectivity index (χ0) is 12.3. The molecule has 0 amide bonds. The fourth-order valence-corrected chi connectivity index (χ4v) is 1.79. The number of ether oxygens (including phenoxy) is 1. The number of rotatable bonds is 9. The molecule has 0 bridgehead atoms. The lowest BCUT2D eigenvalue weighted by molar-refractivity contribution is 0.114. The van der Waals surface area contributed by atoms with Crippen molar-refractivity contribution in [2.75, 3.05) is 19.7 Å². The Labute approximate surface area is 105 Å². The van der Waals surface area contributed by atoms with E-state index in [4.69, 9.17) is 4.74 Å². The highest BCUT2D eigenvalue weighted by Crippen LogP contribution is 2.06. The number of hydrogen-bond donors (Lipinski definition) is 1. The van der Waals surface area contributed by atoms with Crippen molar-refractivity contribution in [2.45, 2.75) is 33.3 Å². The average Bonchev–Trinajstić information content (AvgIpc) is 2.37. The molecule has 2 nitrogen and oxygen atoms in total. The summed E-state index contributed by atoms with van der Waals surface area (Å²) < 4.78 is 5.65. The van der Waals surface area contributed by atoms with Gasteiger partial charge in [0.2, 0.25) is 0 Å². The first-order chi connectivity index (χ1) is 8.33. The minimum Gasteiger partial charge on any atom is -0.377 e. The molecule has 1 unspecified atom stereocenters. The van der Waals surface area contributed by atoms with Gasteiger partial charge in [-0.3, -0.25) is 0 Å². The van der Waals surface area contributed by atoms with Crippen molar-refractivity contribution in [3.63, 3.8) is 0 Å². The Bertz CT molecular complexity index is 274. The molecule has 0 aliphatic carbocycles. The second-order valence-corrected chi connectivity index (χ2v) is 4.59. The van der Waals surface area contributed by atoms with E-state index in [2.05, 4.69) is 43.4 Å². The van der Waals surface area contributed by atoms with Crippen LogP contribution in [0.1, 0.15) is 32.3 Å². The predicted octanol–water partition coefficient (Wildman–Crippen LogP) is 3.23. The van der Waals surface area contributed by atoms with Crippen molar-refractivity contribution >= 4 is 0 Å². The Morgan fingerprint density at radius 3 is 2.71 bits per heavy atom. The van der Waals surface area contributed by atoms with Gasteiger partial charge < -0.3 is 10.1 Å². The molecule has 0 aliphatic heterocycles. The highest BCUT2D eigenvalue weighted by Gasteiger charge is 2.00. The summed E-state index contributed by atoms with van der Waals surface area (Å²) in [4.78, 5) is 0. The van der Waals surface area contributed by atoms with Gasteiger partial charge >= 0.3 is 0 Å². The molecule has 1 N–H and O–H groups in total. The topological polar surface area (TPSA) is 21.3 Å².